The van der Waals surface area contributed by atoms with E-state index in [2.05, 4.69) is 4.99 Å². The van der Waals surface area contributed by atoms with E-state index in [1.807, 2.05) is 0 Å². The Morgan fingerprint density at radius 1 is 1.42 bits per heavy atom. The molecule has 0 atom stereocenters. The zero-order valence-electron chi connectivity index (χ0n) is 7.45. The highest BCUT2D eigenvalue weighted by Gasteiger charge is 2.21. The summed E-state index contributed by atoms with van der Waals surface area (Å²) in [6.07, 6.45) is 6.75. The molecule has 0 aromatic rings. The zero-order chi connectivity index (χ0) is 8.81. The van der Waals surface area contributed by atoms with Gasteiger partial charge in [-0.3, -0.25) is 9.79 Å². The van der Waals surface area contributed by atoms with Crippen molar-refractivity contribution in [3.8, 4) is 0 Å². The van der Waals surface area contributed by atoms with E-state index in [9.17, 15) is 4.79 Å². The van der Waals surface area contributed by atoms with Gasteiger partial charge in [0.15, 0.2) is 6.40 Å². The van der Waals surface area contributed by atoms with Crippen LogP contribution in [0.15, 0.2) is 4.99 Å². The minimum atomic E-state index is -0.111. The number of rotatable bonds is 2. The molecule has 0 heterocycles. The van der Waals surface area contributed by atoms with Crippen LogP contribution in [0.25, 0.3) is 0 Å². The van der Waals surface area contributed by atoms with Gasteiger partial charge in [0, 0.05) is 7.05 Å². The Morgan fingerprint density at radius 2 is 2.08 bits per heavy atom. The maximum absolute atomic E-state index is 11.2. The first-order valence-corrected chi connectivity index (χ1v) is 4.45. The molecule has 0 aliphatic heterocycles. The average molecular weight is 169 g/mol. The van der Waals surface area contributed by atoms with Crippen LogP contribution in [0.5, 0.6) is 0 Å². The first-order chi connectivity index (χ1) is 5.84. The molecule has 0 unspecified atom stereocenters. The molecule has 0 saturated heterocycles. The van der Waals surface area contributed by atoms with Crippen molar-refractivity contribution in [2.45, 2.75) is 32.1 Å². The minimum Gasteiger partial charge on any atom is -0.415 e. The monoisotopic (exact) mass is 169 g/mol. The van der Waals surface area contributed by atoms with Crippen molar-refractivity contribution in [2.75, 3.05) is 7.05 Å². The lowest BCUT2D eigenvalue weighted by Crippen LogP contribution is -2.19. The Hall–Kier alpha value is -0.860. The van der Waals surface area contributed by atoms with Gasteiger partial charge < -0.3 is 4.74 Å². The van der Waals surface area contributed by atoms with Gasteiger partial charge in [0.2, 0.25) is 0 Å². The lowest BCUT2D eigenvalue weighted by atomic mass is 9.89. The molecule has 12 heavy (non-hydrogen) atoms. The summed E-state index contributed by atoms with van der Waals surface area (Å²) in [4.78, 5) is 14.8. The molecular weight excluding hydrogens is 154 g/mol. The maximum atomic E-state index is 11.2. The van der Waals surface area contributed by atoms with Gasteiger partial charge in [-0.2, -0.15) is 0 Å². The summed E-state index contributed by atoms with van der Waals surface area (Å²) in [5, 5.41) is 0. The van der Waals surface area contributed by atoms with E-state index in [1.54, 1.807) is 7.05 Å². The fourth-order valence-electron chi connectivity index (χ4n) is 1.54. The molecule has 0 aromatic heterocycles. The lowest BCUT2D eigenvalue weighted by molar-refractivity contribution is -0.140. The van der Waals surface area contributed by atoms with Gasteiger partial charge in [0.25, 0.3) is 0 Å². The second-order valence-corrected chi connectivity index (χ2v) is 3.14. The van der Waals surface area contributed by atoms with Crippen molar-refractivity contribution in [1.29, 1.82) is 0 Å². The van der Waals surface area contributed by atoms with Crippen LogP contribution >= 0.6 is 0 Å². The smallest absolute Gasteiger partial charge is 0.315 e. The fraction of sp³-hybridized carbons (Fsp3) is 0.778. The number of nitrogens with zero attached hydrogens (tertiary/aromatic N) is 1. The summed E-state index contributed by atoms with van der Waals surface area (Å²) in [6, 6.07) is 0. The molecule has 0 amide bonds. The average Bonchev–Trinajstić information content (AvgIpc) is 2.15. The van der Waals surface area contributed by atoms with Crippen molar-refractivity contribution < 1.29 is 9.53 Å². The molecule has 1 fully saturated rings. The molecule has 0 radical (unpaired) electrons. The topological polar surface area (TPSA) is 38.7 Å². The van der Waals surface area contributed by atoms with Crippen LogP contribution in [0, 0.1) is 5.92 Å². The molecule has 1 aliphatic rings. The standard InChI is InChI=1S/C9H15NO2/c1-10-7-12-9(11)8-5-3-2-4-6-8/h7-8H,2-6H2,1H3. The molecule has 0 bridgehead atoms. The fourth-order valence-corrected chi connectivity index (χ4v) is 1.54. The summed E-state index contributed by atoms with van der Waals surface area (Å²) in [6.45, 7) is 0. The van der Waals surface area contributed by atoms with Crippen LogP contribution in [0.3, 0.4) is 0 Å². The predicted octanol–water partition coefficient (Wildman–Crippen LogP) is 1.77. The third-order valence-electron chi connectivity index (χ3n) is 2.21. The number of ether oxygens (including phenoxy) is 1. The van der Waals surface area contributed by atoms with E-state index in [0.29, 0.717) is 0 Å². The van der Waals surface area contributed by atoms with Crippen molar-refractivity contribution >= 4 is 12.4 Å². The Morgan fingerprint density at radius 3 is 2.67 bits per heavy atom. The Balaban J connectivity index is 2.29. The van der Waals surface area contributed by atoms with E-state index in [4.69, 9.17) is 4.74 Å². The van der Waals surface area contributed by atoms with E-state index < -0.39 is 0 Å². The zero-order valence-corrected chi connectivity index (χ0v) is 7.45. The van der Waals surface area contributed by atoms with Crippen molar-refractivity contribution in [3.63, 3.8) is 0 Å². The number of aliphatic imine (C=N–C) groups is 1. The van der Waals surface area contributed by atoms with E-state index in [-0.39, 0.29) is 11.9 Å². The predicted molar refractivity (Wildman–Crippen MR) is 47.1 cm³/mol. The quantitative estimate of drug-likeness (QED) is 0.359. The number of hydrogen-bond acceptors (Lipinski definition) is 3. The second kappa shape index (κ2) is 4.91. The van der Waals surface area contributed by atoms with Gasteiger partial charge >= 0.3 is 5.97 Å². The van der Waals surface area contributed by atoms with Gasteiger partial charge in [-0.05, 0) is 12.8 Å². The van der Waals surface area contributed by atoms with Gasteiger partial charge in [0.1, 0.15) is 0 Å². The first-order valence-electron chi connectivity index (χ1n) is 4.45. The van der Waals surface area contributed by atoms with Crippen LogP contribution in [0.1, 0.15) is 32.1 Å². The Kier molecular flexibility index (Phi) is 3.77. The van der Waals surface area contributed by atoms with E-state index >= 15 is 0 Å². The van der Waals surface area contributed by atoms with E-state index in [1.165, 1.54) is 12.8 Å². The summed E-state index contributed by atoms with van der Waals surface area (Å²) < 4.78 is 4.80. The molecule has 0 aromatic carbocycles. The summed E-state index contributed by atoms with van der Waals surface area (Å²) in [5.41, 5.74) is 0. The molecular formula is C9H15NO2. The maximum Gasteiger partial charge on any atom is 0.315 e. The molecule has 1 rings (SSSR count). The first kappa shape index (κ1) is 9.23. The van der Waals surface area contributed by atoms with Crippen LogP contribution in [-0.4, -0.2) is 19.4 Å². The molecule has 68 valence electrons. The minimum absolute atomic E-state index is 0.111. The van der Waals surface area contributed by atoms with Crippen molar-refractivity contribution in [1.82, 2.24) is 0 Å². The number of carbonyl (C=O) groups is 1. The highest BCUT2D eigenvalue weighted by molar-refractivity contribution is 5.79. The second-order valence-electron chi connectivity index (χ2n) is 3.14. The van der Waals surface area contributed by atoms with Crippen LogP contribution in [-0.2, 0) is 9.53 Å². The summed E-state index contributed by atoms with van der Waals surface area (Å²) in [5.74, 6) is 0.0112. The number of hydrogen-bond donors (Lipinski definition) is 0. The van der Waals surface area contributed by atoms with Gasteiger partial charge in [-0.1, -0.05) is 19.3 Å². The molecule has 0 spiro atoms. The van der Waals surface area contributed by atoms with Crippen molar-refractivity contribution in [3.05, 3.63) is 0 Å². The lowest BCUT2D eigenvalue weighted by Gasteiger charge is -2.18. The number of carbonyl (C=O) groups excluding carboxylic acids is 1. The van der Waals surface area contributed by atoms with Gasteiger partial charge in [-0.15, -0.1) is 0 Å². The third kappa shape index (κ3) is 2.64. The van der Waals surface area contributed by atoms with Crippen LogP contribution in [0.2, 0.25) is 0 Å². The molecule has 1 aliphatic carbocycles. The highest BCUT2D eigenvalue weighted by atomic mass is 16.5. The molecule has 3 nitrogen and oxygen atoms in total. The highest BCUT2D eigenvalue weighted by Crippen LogP contribution is 2.24. The third-order valence-corrected chi connectivity index (χ3v) is 2.21. The molecule has 3 heteroatoms. The number of esters is 1. The van der Waals surface area contributed by atoms with E-state index in [0.717, 1.165) is 25.7 Å². The van der Waals surface area contributed by atoms with Crippen LogP contribution in [0.4, 0.5) is 0 Å². The molecule has 1 saturated carbocycles. The summed E-state index contributed by atoms with van der Waals surface area (Å²) >= 11 is 0. The Labute approximate surface area is 72.8 Å². The Bertz CT molecular complexity index is 171. The molecule has 0 N–H and O–H groups in total. The van der Waals surface area contributed by atoms with Gasteiger partial charge in [0.05, 0.1) is 5.92 Å². The van der Waals surface area contributed by atoms with Crippen molar-refractivity contribution in [2.24, 2.45) is 10.9 Å². The summed E-state index contributed by atoms with van der Waals surface area (Å²) in [7, 11) is 1.59. The SMILES string of the molecule is CN=COC(=O)C1CCCCC1. The van der Waals surface area contributed by atoms with Gasteiger partial charge in [-0.25, -0.2) is 0 Å². The normalized spacial score (nSPS) is 19.8. The van der Waals surface area contributed by atoms with Crippen LogP contribution < -0.4 is 0 Å². The largest absolute Gasteiger partial charge is 0.415 e.